The molecule has 3 heteroatoms. The molecule has 1 rings (SSSR count). The first kappa shape index (κ1) is 5.44. The van der Waals surface area contributed by atoms with Crippen LogP contribution < -0.4 is 0 Å². The van der Waals surface area contributed by atoms with Crippen LogP contribution in [0.4, 0.5) is 0 Å². The fourth-order valence-corrected chi connectivity index (χ4v) is 0.934. The predicted molar refractivity (Wildman–Crippen MR) is 31.5 cm³/mol. The fraction of sp³-hybridized carbons (Fsp3) is 0.200. The summed E-state index contributed by atoms with van der Waals surface area (Å²) in [6.45, 7) is 0. The lowest BCUT2D eigenvalue weighted by molar-refractivity contribution is 0.555. The summed E-state index contributed by atoms with van der Waals surface area (Å²) in [6, 6.07) is 0. The SMILES string of the molecule is O=[C]Cc1cnsc1. The third-order valence-electron chi connectivity index (χ3n) is 0.760. The number of hydrogen-bond acceptors (Lipinski definition) is 3. The largest absolute Gasteiger partial charge is 0.291 e. The summed E-state index contributed by atoms with van der Waals surface area (Å²) in [4.78, 5) is 9.72. The van der Waals surface area contributed by atoms with Crippen molar-refractivity contribution in [2.75, 3.05) is 0 Å². The van der Waals surface area contributed by atoms with Crippen molar-refractivity contribution in [1.29, 1.82) is 0 Å². The third kappa shape index (κ3) is 1.13. The van der Waals surface area contributed by atoms with Gasteiger partial charge in [0, 0.05) is 18.0 Å². The molecule has 8 heavy (non-hydrogen) atoms. The molecule has 1 heterocycles. The normalized spacial score (nSPS) is 9.00. The van der Waals surface area contributed by atoms with Gasteiger partial charge >= 0.3 is 0 Å². The quantitative estimate of drug-likeness (QED) is 0.586. The average molecular weight is 126 g/mol. The van der Waals surface area contributed by atoms with Gasteiger partial charge in [-0.15, -0.1) is 0 Å². The molecule has 1 aromatic heterocycles. The van der Waals surface area contributed by atoms with Crippen molar-refractivity contribution in [2.45, 2.75) is 6.42 Å². The van der Waals surface area contributed by atoms with Crippen molar-refractivity contribution in [1.82, 2.24) is 4.37 Å². The van der Waals surface area contributed by atoms with Gasteiger partial charge in [-0.05, 0) is 17.1 Å². The number of aromatic nitrogens is 1. The summed E-state index contributed by atoms with van der Waals surface area (Å²) in [5.74, 6) is 0. The molecule has 2 nitrogen and oxygen atoms in total. The van der Waals surface area contributed by atoms with Crippen LogP contribution in [0.3, 0.4) is 0 Å². The van der Waals surface area contributed by atoms with E-state index >= 15 is 0 Å². The molecule has 1 radical (unpaired) electrons. The van der Waals surface area contributed by atoms with Crippen LogP contribution in [0.25, 0.3) is 0 Å². The topological polar surface area (TPSA) is 30.0 Å². The first-order valence-electron chi connectivity index (χ1n) is 2.17. The Kier molecular flexibility index (Phi) is 1.75. The van der Waals surface area contributed by atoms with Crippen molar-refractivity contribution in [3.05, 3.63) is 17.1 Å². The molecule has 0 saturated carbocycles. The van der Waals surface area contributed by atoms with Crippen LogP contribution in [-0.2, 0) is 11.2 Å². The highest BCUT2D eigenvalue weighted by Gasteiger charge is 1.89. The van der Waals surface area contributed by atoms with Crippen molar-refractivity contribution >= 4 is 17.8 Å². The third-order valence-corrected chi connectivity index (χ3v) is 1.40. The zero-order valence-corrected chi connectivity index (χ0v) is 4.94. The van der Waals surface area contributed by atoms with Crippen LogP contribution >= 0.6 is 11.5 Å². The minimum Gasteiger partial charge on any atom is -0.291 e. The Morgan fingerprint density at radius 3 is 3.25 bits per heavy atom. The van der Waals surface area contributed by atoms with Gasteiger partial charge in [-0.3, -0.25) is 4.79 Å². The highest BCUT2D eigenvalue weighted by molar-refractivity contribution is 7.03. The van der Waals surface area contributed by atoms with E-state index in [2.05, 4.69) is 4.37 Å². The molecule has 0 unspecified atom stereocenters. The summed E-state index contributed by atoms with van der Waals surface area (Å²) in [7, 11) is 0. The lowest BCUT2D eigenvalue weighted by atomic mass is 10.3. The minimum absolute atomic E-state index is 0.372. The molecule has 0 N–H and O–H groups in total. The summed E-state index contributed by atoms with van der Waals surface area (Å²) in [5.41, 5.74) is 0.949. The van der Waals surface area contributed by atoms with Gasteiger partial charge in [0.15, 0.2) is 0 Å². The van der Waals surface area contributed by atoms with E-state index in [1.165, 1.54) is 11.5 Å². The van der Waals surface area contributed by atoms with Gasteiger partial charge in [-0.25, -0.2) is 4.37 Å². The maximum Gasteiger partial charge on any atom is 0.203 e. The molecule has 0 bridgehead atoms. The van der Waals surface area contributed by atoms with E-state index in [1.54, 1.807) is 12.5 Å². The molecular weight excluding hydrogens is 122 g/mol. The lowest BCUT2D eigenvalue weighted by Crippen LogP contribution is -1.78. The number of rotatable bonds is 2. The van der Waals surface area contributed by atoms with E-state index in [0.717, 1.165) is 5.56 Å². The number of carbonyl (C=O) groups excluding carboxylic acids is 1. The van der Waals surface area contributed by atoms with Crippen LogP contribution in [0.15, 0.2) is 11.6 Å². The second-order valence-corrected chi connectivity index (χ2v) is 2.01. The molecule has 0 aliphatic heterocycles. The second kappa shape index (κ2) is 2.57. The average Bonchev–Trinajstić information content (AvgIpc) is 2.19. The molecule has 0 amide bonds. The fourth-order valence-electron chi connectivity index (χ4n) is 0.397. The van der Waals surface area contributed by atoms with Crippen molar-refractivity contribution in [3.63, 3.8) is 0 Å². The molecule has 0 saturated heterocycles. The summed E-state index contributed by atoms with van der Waals surface area (Å²) in [6.07, 6.45) is 3.83. The number of hydrogen-bond donors (Lipinski definition) is 0. The standard InChI is InChI=1S/C5H4NOS/c7-2-1-5-3-6-8-4-5/h3-4H,1H2. The van der Waals surface area contributed by atoms with E-state index in [1.807, 2.05) is 5.38 Å². The van der Waals surface area contributed by atoms with Gasteiger partial charge in [-0.1, -0.05) is 0 Å². The van der Waals surface area contributed by atoms with Gasteiger partial charge in [0.2, 0.25) is 6.29 Å². The summed E-state index contributed by atoms with van der Waals surface area (Å²) in [5, 5.41) is 1.84. The summed E-state index contributed by atoms with van der Waals surface area (Å²) < 4.78 is 3.80. The van der Waals surface area contributed by atoms with E-state index in [-0.39, 0.29) is 0 Å². The first-order valence-corrected chi connectivity index (χ1v) is 3.00. The molecule has 1 aromatic rings. The summed E-state index contributed by atoms with van der Waals surface area (Å²) >= 11 is 1.35. The zero-order chi connectivity index (χ0) is 5.82. The molecular formula is C5H4NOS. The van der Waals surface area contributed by atoms with E-state index in [9.17, 15) is 4.79 Å². The molecule has 0 spiro atoms. The molecule has 0 atom stereocenters. The molecule has 0 aliphatic carbocycles. The Morgan fingerprint density at radius 2 is 2.75 bits per heavy atom. The first-order chi connectivity index (χ1) is 3.93. The molecule has 0 fully saturated rings. The van der Waals surface area contributed by atoms with Crippen molar-refractivity contribution in [2.24, 2.45) is 0 Å². The van der Waals surface area contributed by atoms with Gasteiger partial charge < -0.3 is 0 Å². The predicted octanol–water partition coefficient (Wildman–Crippen LogP) is 0.795. The van der Waals surface area contributed by atoms with E-state index < -0.39 is 0 Å². The molecule has 0 aromatic carbocycles. The van der Waals surface area contributed by atoms with E-state index in [4.69, 9.17) is 0 Å². The zero-order valence-electron chi connectivity index (χ0n) is 4.13. The van der Waals surface area contributed by atoms with Gasteiger partial charge in [0.1, 0.15) is 0 Å². The van der Waals surface area contributed by atoms with Crippen LogP contribution in [-0.4, -0.2) is 10.7 Å². The van der Waals surface area contributed by atoms with Crippen LogP contribution in [0.2, 0.25) is 0 Å². The monoisotopic (exact) mass is 126 g/mol. The Balaban J connectivity index is 2.62. The lowest BCUT2D eigenvalue weighted by Gasteiger charge is -1.75. The second-order valence-electron chi connectivity index (χ2n) is 1.35. The van der Waals surface area contributed by atoms with Gasteiger partial charge in [0.05, 0.1) is 0 Å². The molecule has 0 aliphatic rings. The van der Waals surface area contributed by atoms with Crippen molar-refractivity contribution < 1.29 is 4.79 Å². The Labute approximate surface area is 51.3 Å². The van der Waals surface area contributed by atoms with Gasteiger partial charge in [-0.2, -0.15) is 0 Å². The Bertz CT molecular complexity index is 159. The van der Waals surface area contributed by atoms with Crippen LogP contribution in [0.1, 0.15) is 5.56 Å². The highest BCUT2D eigenvalue weighted by atomic mass is 32.1. The maximum absolute atomic E-state index is 9.72. The minimum atomic E-state index is 0.372. The van der Waals surface area contributed by atoms with Gasteiger partial charge in [0.25, 0.3) is 0 Å². The van der Waals surface area contributed by atoms with Crippen molar-refractivity contribution in [3.8, 4) is 0 Å². The van der Waals surface area contributed by atoms with E-state index in [0.29, 0.717) is 6.42 Å². The van der Waals surface area contributed by atoms with Crippen LogP contribution in [0.5, 0.6) is 0 Å². The van der Waals surface area contributed by atoms with Crippen LogP contribution in [0, 0.1) is 0 Å². The Morgan fingerprint density at radius 1 is 1.88 bits per heavy atom. The molecule has 41 valence electrons. The maximum atomic E-state index is 9.72. The number of nitrogens with zero attached hydrogens (tertiary/aromatic N) is 1. The smallest absolute Gasteiger partial charge is 0.203 e. The highest BCUT2D eigenvalue weighted by Crippen LogP contribution is 1.99. The Hall–Kier alpha value is -0.700.